The molecule has 1 N–H and O–H groups in total. The van der Waals surface area contributed by atoms with Crippen LogP contribution >= 0.6 is 0 Å². The molecule has 2 bridgehead atoms. The summed E-state index contributed by atoms with van der Waals surface area (Å²) in [6.45, 7) is 8.30. The van der Waals surface area contributed by atoms with E-state index in [4.69, 9.17) is 4.74 Å². The van der Waals surface area contributed by atoms with E-state index in [0.29, 0.717) is 12.2 Å². The van der Waals surface area contributed by atoms with Gasteiger partial charge in [0.05, 0.1) is 18.3 Å². The Kier molecular flexibility index (Phi) is 5.20. The number of morpholine rings is 1. The molecule has 3 unspecified atom stereocenters. The molecule has 2 saturated heterocycles. The summed E-state index contributed by atoms with van der Waals surface area (Å²) in [6, 6.07) is 2.40. The van der Waals surface area contributed by atoms with Gasteiger partial charge in [0.15, 0.2) is 0 Å². The Morgan fingerprint density at radius 1 is 1.32 bits per heavy atom. The number of nitrogens with one attached hydrogen (secondary N) is 1. The highest BCUT2D eigenvalue weighted by Crippen LogP contribution is 2.26. The summed E-state index contributed by atoms with van der Waals surface area (Å²) in [6.07, 6.45) is 6.71. The number of unbranched alkanes of at least 4 members (excludes halogenated alkanes) is 1. The van der Waals surface area contributed by atoms with Crippen LogP contribution in [0.1, 0.15) is 46.0 Å². The summed E-state index contributed by atoms with van der Waals surface area (Å²) < 4.78 is 5.84. The van der Waals surface area contributed by atoms with Crippen LogP contribution in [-0.2, 0) is 4.74 Å². The van der Waals surface area contributed by atoms with Crippen LogP contribution in [0.4, 0.5) is 0 Å². The summed E-state index contributed by atoms with van der Waals surface area (Å²) in [4.78, 5) is 2.54. The standard InChI is InChI=1S/C15H27N3O/c1-3-17-15(2,12-16)8-4-5-9-18-10-13-6-7-14(11-18)19-13/h13-14,17H,3-11H2,1-2H3. The topological polar surface area (TPSA) is 48.3 Å². The Bertz CT molecular complexity index is 316. The van der Waals surface area contributed by atoms with Crippen LogP contribution < -0.4 is 5.32 Å². The molecule has 4 heteroatoms. The molecule has 2 fully saturated rings. The van der Waals surface area contributed by atoms with Crippen molar-refractivity contribution in [2.24, 2.45) is 0 Å². The molecule has 2 aliphatic heterocycles. The van der Waals surface area contributed by atoms with Gasteiger partial charge in [-0.3, -0.25) is 10.2 Å². The van der Waals surface area contributed by atoms with Gasteiger partial charge in [0.25, 0.3) is 0 Å². The number of fused-ring (bicyclic) bond motifs is 2. The fourth-order valence-corrected chi connectivity index (χ4v) is 3.27. The monoisotopic (exact) mass is 265 g/mol. The second-order valence-corrected chi connectivity index (χ2v) is 6.15. The molecule has 0 spiro atoms. The number of nitriles is 1. The lowest BCUT2D eigenvalue weighted by molar-refractivity contribution is -0.0386. The van der Waals surface area contributed by atoms with Gasteiger partial charge in [-0.1, -0.05) is 6.92 Å². The van der Waals surface area contributed by atoms with Gasteiger partial charge >= 0.3 is 0 Å². The number of hydrogen-bond acceptors (Lipinski definition) is 4. The summed E-state index contributed by atoms with van der Waals surface area (Å²) in [7, 11) is 0. The first-order chi connectivity index (χ1) is 9.15. The maximum absolute atomic E-state index is 9.20. The van der Waals surface area contributed by atoms with Gasteiger partial charge in [-0.15, -0.1) is 0 Å². The lowest BCUT2D eigenvalue weighted by Crippen LogP contribution is -2.43. The second-order valence-electron chi connectivity index (χ2n) is 6.15. The highest BCUT2D eigenvalue weighted by molar-refractivity contribution is 5.03. The molecule has 0 aromatic carbocycles. The molecular weight excluding hydrogens is 238 g/mol. The zero-order valence-corrected chi connectivity index (χ0v) is 12.3. The molecule has 0 radical (unpaired) electrons. The van der Waals surface area contributed by atoms with Crippen molar-refractivity contribution in [3.05, 3.63) is 0 Å². The maximum atomic E-state index is 9.20. The van der Waals surface area contributed by atoms with Crippen LogP contribution in [0.5, 0.6) is 0 Å². The Balaban J connectivity index is 1.63. The molecule has 0 aromatic heterocycles. The molecule has 0 amide bonds. The van der Waals surface area contributed by atoms with E-state index in [2.05, 4.69) is 23.2 Å². The molecule has 0 saturated carbocycles. The Morgan fingerprint density at radius 2 is 2.00 bits per heavy atom. The summed E-state index contributed by atoms with van der Waals surface area (Å²) in [5.74, 6) is 0. The Morgan fingerprint density at radius 3 is 2.58 bits per heavy atom. The molecule has 2 aliphatic rings. The van der Waals surface area contributed by atoms with E-state index in [1.165, 1.54) is 19.3 Å². The summed E-state index contributed by atoms with van der Waals surface area (Å²) in [5, 5.41) is 12.5. The van der Waals surface area contributed by atoms with E-state index >= 15 is 0 Å². The van der Waals surface area contributed by atoms with Crippen LogP contribution in [0.2, 0.25) is 0 Å². The van der Waals surface area contributed by atoms with Crippen molar-refractivity contribution in [2.45, 2.75) is 63.7 Å². The minimum Gasteiger partial charge on any atom is -0.372 e. The van der Waals surface area contributed by atoms with Gasteiger partial charge in [0.2, 0.25) is 0 Å². The number of likely N-dealkylation sites (tertiary alicyclic amines) is 1. The number of nitrogens with zero attached hydrogens (tertiary/aromatic N) is 2. The van der Waals surface area contributed by atoms with E-state index in [-0.39, 0.29) is 5.54 Å². The molecule has 0 aliphatic carbocycles. The van der Waals surface area contributed by atoms with Gasteiger partial charge in [-0.2, -0.15) is 5.26 Å². The van der Waals surface area contributed by atoms with E-state index < -0.39 is 0 Å². The second kappa shape index (κ2) is 6.69. The smallest absolute Gasteiger partial charge is 0.103 e. The SMILES string of the molecule is CCNC(C)(C#N)CCCCN1CC2CCC(C1)O2. The zero-order chi connectivity index (χ0) is 13.7. The van der Waals surface area contributed by atoms with E-state index in [9.17, 15) is 5.26 Å². The minimum absolute atomic E-state index is 0.348. The van der Waals surface area contributed by atoms with Crippen LogP contribution in [0, 0.1) is 11.3 Å². The van der Waals surface area contributed by atoms with Crippen molar-refractivity contribution in [1.29, 1.82) is 5.26 Å². The van der Waals surface area contributed by atoms with Gasteiger partial charge in [-0.05, 0) is 52.1 Å². The van der Waals surface area contributed by atoms with E-state index in [1.54, 1.807) is 0 Å². The fraction of sp³-hybridized carbons (Fsp3) is 0.933. The minimum atomic E-state index is -0.348. The third-order valence-electron chi connectivity index (χ3n) is 4.33. The quantitative estimate of drug-likeness (QED) is 0.714. The Hall–Kier alpha value is -0.630. The van der Waals surface area contributed by atoms with E-state index in [1.807, 2.05) is 6.92 Å². The molecule has 19 heavy (non-hydrogen) atoms. The molecular formula is C15H27N3O. The number of hydrogen-bond donors (Lipinski definition) is 1. The van der Waals surface area contributed by atoms with Gasteiger partial charge in [-0.25, -0.2) is 0 Å². The number of rotatable bonds is 7. The van der Waals surface area contributed by atoms with Crippen molar-refractivity contribution in [2.75, 3.05) is 26.2 Å². The highest BCUT2D eigenvalue weighted by atomic mass is 16.5. The van der Waals surface area contributed by atoms with Crippen molar-refractivity contribution in [1.82, 2.24) is 10.2 Å². The third kappa shape index (κ3) is 4.17. The van der Waals surface area contributed by atoms with Gasteiger partial charge in [0.1, 0.15) is 5.54 Å². The largest absolute Gasteiger partial charge is 0.372 e. The first-order valence-corrected chi connectivity index (χ1v) is 7.69. The van der Waals surface area contributed by atoms with Gasteiger partial charge < -0.3 is 4.74 Å². The Labute approximate surface area is 117 Å². The predicted molar refractivity (Wildman–Crippen MR) is 75.9 cm³/mol. The van der Waals surface area contributed by atoms with Crippen molar-refractivity contribution >= 4 is 0 Å². The third-order valence-corrected chi connectivity index (χ3v) is 4.33. The average molecular weight is 265 g/mol. The zero-order valence-electron chi connectivity index (χ0n) is 12.3. The lowest BCUT2D eigenvalue weighted by atomic mass is 9.96. The van der Waals surface area contributed by atoms with Gasteiger partial charge in [0, 0.05) is 13.1 Å². The van der Waals surface area contributed by atoms with Crippen molar-refractivity contribution in [3.8, 4) is 6.07 Å². The first-order valence-electron chi connectivity index (χ1n) is 7.69. The molecule has 0 aromatic rings. The summed E-state index contributed by atoms with van der Waals surface area (Å²) in [5.41, 5.74) is -0.348. The summed E-state index contributed by atoms with van der Waals surface area (Å²) >= 11 is 0. The molecule has 2 heterocycles. The molecule has 108 valence electrons. The predicted octanol–water partition coefficient (Wildman–Crippen LogP) is 1.91. The fourth-order valence-electron chi connectivity index (χ4n) is 3.27. The molecule has 2 rings (SSSR count). The van der Waals surface area contributed by atoms with Crippen LogP contribution in [0.3, 0.4) is 0 Å². The molecule has 3 atom stereocenters. The first kappa shape index (κ1) is 14.8. The maximum Gasteiger partial charge on any atom is 0.103 e. The van der Waals surface area contributed by atoms with Crippen molar-refractivity contribution < 1.29 is 4.74 Å². The van der Waals surface area contributed by atoms with E-state index in [0.717, 1.165) is 39.0 Å². The highest BCUT2D eigenvalue weighted by Gasteiger charge is 2.33. The number of ether oxygens (including phenoxy) is 1. The van der Waals surface area contributed by atoms with Crippen LogP contribution in [0.15, 0.2) is 0 Å². The molecule has 4 nitrogen and oxygen atoms in total. The van der Waals surface area contributed by atoms with Crippen molar-refractivity contribution in [3.63, 3.8) is 0 Å². The average Bonchev–Trinajstić information content (AvgIpc) is 2.74. The lowest BCUT2D eigenvalue weighted by Gasteiger charge is -2.32. The van der Waals surface area contributed by atoms with Crippen LogP contribution in [0.25, 0.3) is 0 Å². The van der Waals surface area contributed by atoms with Crippen LogP contribution in [-0.4, -0.2) is 48.8 Å². The normalized spacial score (nSPS) is 29.9.